The van der Waals surface area contributed by atoms with Crippen LogP contribution in [0, 0.1) is 0 Å². The number of carbonyl (C=O) groups is 2. The fraction of sp³-hybridized carbons (Fsp3) is 0.778. The van der Waals surface area contributed by atoms with Gasteiger partial charge in [-0.3, -0.25) is 9.59 Å². The largest absolute Gasteiger partial charge is 0.462 e. The molecule has 1 atom stereocenters. The lowest BCUT2D eigenvalue weighted by atomic mass is 10.2. The molecule has 90 valence electrons. The Morgan fingerprint density at radius 1 is 1.62 bits per heavy atom. The van der Waals surface area contributed by atoms with Gasteiger partial charge in [0.1, 0.15) is 11.6 Å². The average molecular weight is 228 g/mol. The van der Waals surface area contributed by atoms with Crippen molar-refractivity contribution in [1.82, 2.24) is 5.32 Å². The van der Waals surface area contributed by atoms with Crippen LogP contribution in [0.4, 0.5) is 0 Å². The highest BCUT2D eigenvalue weighted by Gasteiger charge is 2.21. The Kier molecular flexibility index (Phi) is 6.14. The molecule has 0 aromatic carbocycles. The molecule has 1 unspecified atom stereocenters. The van der Waals surface area contributed by atoms with Crippen LogP contribution in [0.5, 0.6) is 0 Å². The Hall–Kier alpha value is -1.59. The molecular weight excluding hydrogens is 212 g/mol. The molecule has 0 bridgehead atoms. The maximum Gasteiger partial charge on any atom is 0.293 e. The van der Waals surface area contributed by atoms with Crippen LogP contribution >= 0.6 is 0 Å². The summed E-state index contributed by atoms with van der Waals surface area (Å²) in [6.07, 6.45) is 0. The third-order valence-electron chi connectivity index (χ3n) is 1.60. The molecule has 1 N–H and O–H groups in total. The van der Waals surface area contributed by atoms with Crippen LogP contribution in [0.3, 0.4) is 0 Å². The molecular formula is C9H16N4O3. The number of ether oxygens (including phenoxy) is 1. The number of rotatable bonds is 2. The topological polar surface area (TPSA) is 104 Å². The first-order valence-electron chi connectivity index (χ1n) is 4.80. The van der Waals surface area contributed by atoms with E-state index in [0.717, 1.165) is 0 Å². The molecule has 1 aliphatic rings. The van der Waals surface area contributed by atoms with Crippen molar-refractivity contribution in [3.63, 3.8) is 0 Å². The van der Waals surface area contributed by atoms with Crippen molar-refractivity contribution in [2.75, 3.05) is 13.1 Å². The normalized spacial score (nSPS) is 19.2. The summed E-state index contributed by atoms with van der Waals surface area (Å²) in [5.41, 5.74) is 7.61. The molecule has 7 nitrogen and oxygen atoms in total. The van der Waals surface area contributed by atoms with Gasteiger partial charge in [0.15, 0.2) is 5.78 Å². The Morgan fingerprint density at radius 2 is 2.25 bits per heavy atom. The van der Waals surface area contributed by atoms with Gasteiger partial charge in [-0.25, -0.2) is 0 Å². The number of hydrogen-bond donors (Lipinski definition) is 1. The Labute approximate surface area is 93.8 Å². The van der Waals surface area contributed by atoms with E-state index >= 15 is 0 Å². The fourth-order valence-electron chi connectivity index (χ4n) is 0.876. The summed E-state index contributed by atoms with van der Waals surface area (Å²) in [6.45, 7) is 6.75. The minimum absolute atomic E-state index is 0.0206. The molecule has 1 rings (SSSR count). The van der Waals surface area contributed by atoms with Crippen LogP contribution in [-0.4, -0.2) is 37.0 Å². The van der Waals surface area contributed by atoms with E-state index in [9.17, 15) is 9.59 Å². The fourth-order valence-corrected chi connectivity index (χ4v) is 0.876. The first-order valence-corrected chi connectivity index (χ1v) is 4.80. The van der Waals surface area contributed by atoms with E-state index in [-0.39, 0.29) is 11.4 Å². The van der Waals surface area contributed by atoms with Crippen molar-refractivity contribution in [2.24, 2.45) is 5.11 Å². The molecule has 1 aliphatic heterocycles. The highest BCUT2D eigenvalue weighted by molar-refractivity contribution is 5.88. The number of nitrogens with one attached hydrogen (secondary N) is 1. The second-order valence-electron chi connectivity index (χ2n) is 4.14. The quantitative estimate of drug-likeness (QED) is 0.326. The Bertz CT molecular complexity index is 292. The van der Waals surface area contributed by atoms with Crippen molar-refractivity contribution in [3.8, 4) is 0 Å². The molecule has 0 spiro atoms. The van der Waals surface area contributed by atoms with E-state index in [1.165, 1.54) is 0 Å². The van der Waals surface area contributed by atoms with E-state index in [4.69, 9.17) is 5.53 Å². The Morgan fingerprint density at radius 3 is 2.50 bits per heavy atom. The molecule has 0 aromatic rings. The average Bonchev–Trinajstić information content (AvgIpc) is 2.52. The van der Waals surface area contributed by atoms with Crippen molar-refractivity contribution in [1.29, 1.82) is 0 Å². The smallest absolute Gasteiger partial charge is 0.293 e. The van der Waals surface area contributed by atoms with Gasteiger partial charge in [0.25, 0.3) is 6.47 Å². The predicted octanol–water partition coefficient (Wildman–Crippen LogP) is 0.795. The second kappa shape index (κ2) is 6.81. The van der Waals surface area contributed by atoms with Crippen LogP contribution in [-0.2, 0) is 14.3 Å². The van der Waals surface area contributed by atoms with Gasteiger partial charge in [-0.15, -0.1) is 0 Å². The predicted molar refractivity (Wildman–Crippen MR) is 57.7 cm³/mol. The van der Waals surface area contributed by atoms with Gasteiger partial charge < -0.3 is 10.1 Å². The van der Waals surface area contributed by atoms with Gasteiger partial charge in [0, 0.05) is 11.5 Å². The zero-order chi connectivity index (χ0) is 12.6. The third-order valence-corrected chi connectivity index (χ3v) is 1.60. The minimum atomic E-state index is -0.463. The number of hydrogen-bond acceptors (Lipinski definition) is 5. The summed E-state index contributed by atoms with van der Waals surface area (Å²) in [5, 5.41) is 6.07. The summed E-state index contributed by atoms with van der Waals surface area (Å²) in [7, 11) is 0. The van der Waals surface area contributed by atoms with Crippen molar-refractivity contribution < 1.29 is 14.3 Å². The molecule has 0 amide bonds. The summed E-state index contributed by atoms with van der Waals surface area (Å²) in [5.74, 6) is -0.0206. The van der Waals surface area contributed by atoms with Crippen molar-refractivity contribution in [3.05, 3.63) is 10.4 Å². The SMILES string of the molecule is CC(C)(C)OC=O.[N-]=[N+]=NC1CNCC1=O. The maximum absolute atomic E-state index is 10.6. The van der Waals surface area contributed by atoms with Crippen molar-refractivity contribution in [2.45, 2.75) is 32.4 Å². The lowest BCUT2D eigenvalue weighted by molar-refractivity contribution is -0.138. The first-order chi connectivity index (χ1) is 7.40. The van der Waals surface area contributed by atoms with Crippen LogP contribution in [0.1, 0.15) is 20.8 Å². The van der Waals surface area contributed by atoms with E-state index < -0.39 is 6.04 Å². The van der Waals surface area contributed by atoms with Gasteiger partial charge in [0.2, 0.25) is 0 Å². The van der Waals surface area contributed by atoms with Gasteiger partial charge in [-0.1, -0.05) is 5.11 Å². The van der Waals surface area contributed by atoms with E-state index in [1.807, 2.05) is 20.8 Å². The maximum atomic E-state index is 10.6. The molecule has 7 heteroatoms. The first kappa shape index (κ1) is 14.4. The molecule has 0 saturated carbocycles. The van der Waals surface area contributed by atoms with Gasteiger partial charge >= 0.3 is 0 Å². The number of azide groups is 1. The van der Waals surface area contributed by atoms with Crippen LogP contribution in [0.15, 0.2) is 5.11 Å². The molecule has 0 radical (unpaired) electrons. The molecule has 1 heterocycles. The molecule has 16 heavy (non-hydrogen) atoms. The lowest BCUT2D eigenvalue weighted by Gasteiger charge is -2.14. The van der Waals surface area contributed by atoms with E-state index in [2.05, 4.69) is 20.1 Å². The van der Waals surface area contributed by atoms with Crippen LogP contribution in [0.25, 0.3) is 10.4 Å². The van der Waals surface area contributed by atoms with Gasteiger partial charge in [-0.05, 0) is 26.3 Å². The number of nitrogens with zero attached hydrogens (tertiary/aromatic N) is 3. The van der Waals surface area contributed by atoms with Crippen molar-refractivity contribution >= 4 is 12.3 Å². The summed E-state index contributed by atoms with van der Waals surface area (Å²) in [6, 6.07) is -0.463. The van der Waals surface area contributed by atoms with E-state index in [1.54, 1.807) is 0 Å². The molecule has 0 aliphatic carbocycles. The highest BCUT2D eigenvalue weighted by Crippen LogP contribution is 2.02. The van der Waals surface area contributed by atoms with Gasteiger partial charge in [0.05, 0.1) is 6.54 Å². The summed E-state index contributed by atoms with van der Waals surface area (Å²) in [4.78, 5) is 22.8. The van der Waals surface area contributed by atoms with Gasteiger partial charge in [-0.2, -0.15) is 0 Å². The Balaban J connectivity index is 0.000000293. The summed E-state index contributed by atoms with van der Waals surface area (Å²) < 4.78 is 4.55. The zero-order valence-electron chi connectivity index (χ0n) is 9.64. The minimum Gasteiger partial charge on any atom is -0.462 e. The van der Waals surface area contributed by atoms with Crippen LogP contribution < -0.4 is 5.32 Å². The number of carbonyl (C=O) groups excluding carboxylic acids is 2. The van der Waals surface area contributed by atoms with Crippen LogP contribution in [0.2, 0.25) is 0 Å². The highest BCUT2D eigenvalue weighted by atomic mass is 16.5. The third kappa shape index (κ3) is 6.80. The molecule has 1 saturated heterocycles. The summed E-state index contributed by atoms with van der Waals surface area (Å²) >= 11 is 0. The number of Topliss-reactive ketones (excluding diaryl/α,β-unsaturated/α-hetero) is 1. The standard InChI is InChI=1S/C5H10O2.C4H6N4O/c1-5(2,3)7-4-6;5-8-7-3-1-6-2-4(3)9/h4H,1-3H3;3,6H,1-2H2. The lowest BCUT2D eigenvalue weighted by Crippen LogP contribution is -2.17. The van der Waals surface area contributed by atoms with E-state index in [0.29, 0.717) is 19.6 Å². The second-order valence-corrected chi connectivity index (χ2v) is 4.14. The monoisotopic (exact) mass is 228 g/mol. The number of ketones is 1. The molecule has 0 aromatic heterocycles. The zero-order valence-corrected chi connectivity index (χ0v) is 9.64. The molecule has 1 fully saturated rings.